The van der Waals surface area contributed by atoms with Crippen LogP contribution in [0.15, 0.2) is 40.9 Å². The molecule has 0 aromatic carbocycles. The van der Waals surface area contributed by atoms with Crippen LogP contribution in [0.4, 0.5) is 0 Å². The molecule has 61 heavy (non-hydrogen) atoms. The molecule has 7 amide bonds. The van der Waals surface area contributed by atoms with Gasteiger partial charge in [-0.3, -0.25) is 43.3 Å². The third-order valence-corrected chi connectivity index (χ3v) is 9.04. The highest BCUT2D eigenvalue weighted by molar-refractivity contribution is 5.97. The second kappa shape index (κ2) is 27.8. The van der Waals surface area contributed by atoms with E-state index in [1.807, 2.05) is 0 Å². The number of aliphatic hydroxyl groups excluding tert-OH is 1. The second-order valence-corrected chi connectivity index (χ2v) is 15.6. The van der Waals surface area contributed by atoms with E-state index in [1.165, 1.54) is 13.8 Å². The third kappa shape index (κ3) is 22.4. The summed E-state index contributed by atoms with van der Waals surface area (Å²) in [4.78, 5) is 108. The first-order valence-corrected chi connectivity index (χ1v) is 20.1. The van der Waals surface area contributed by atoms with Crippen molar-refractivity contribution in [2.45, 2.75) is 142 Å². The van der Waals surface area contributed by atoms with E-state index < -0.39 is 114 Å². The van der Waals surface area contributed by atoms with Gasteiger partial charge in [0.1, 0.15) is 36.3 Å². The summed E-state index contributed by atoms with van der Waals surface area (Å²) >= 11 is 0. The van der Waals surface area contributed by atoms with Crippen LogP contribution in [-0.2, 0) is 38.4 Å². The summed E-state index contributed by atoms with van der Waals surface area (Å²) in [6, 6.07) is -9.19. The first-order valence-electron chi connectivity index (χ1n) is 20.1. The number of guanidine groups is 1. The predicted molar refractivity (Wildman–Crippen MR) is 230 cm³/mol. The molecule has 0 aliphatic heterocycles. The molecule has 0 aliphatic carbocycles. The van der Waals surface area contributed by atoms with Crippen LogP contribution < -0.4 is 54.8 Å². The fourth-order valence-electron chi connectivity index (χ4n) is 5.50. The van der Waals surface area contributed by atoms with E-state index in [9.17, 15) is 48.6 Å². The molecule has 0 radical (unpaired) electrons. The second-order valence-electron chi connectivity index (χ2n) is 15.6. The Bertz CT molecular complexity index is 1640. The molecule has 0 aromatic rings. The fraction of sp³-hybridized carbons (Fsp3) is 0.625. The van der Waals surface area contributed by atoms with E-state index in [4.69, 9.17) is 22.9 Å². The van der Waals surface area contributed by atoms with Crippen LogP contribution in [0.2, 0.25) is 0 Å². The van der Waals surface area contributed by atoms with Gasteiger partial charge in [-0.1, -0.05) is 58.1 Å². The predicted octanol–water partition coefficient (Wildman–Crippen LogP) is -1.80. The minimum atomic E-state index is -1.67. The molecule has 8 atom stereocenters. The Balaban J connectivity index is 6.45. The van der Waals surface area contributed by atoms with E-state index in [0.717, 1.165) is 0 Å². The number of aliphatic hydroxyl groups is 1. The van der Waals surface area contributed by atoms with Crippen molar-refractivity contribution in [3.63, 3.8) is 0 Å². The maximum Gasteiger partial charge on any atom is 0.303 e. The number of aliphatic imine (C=N–C) groups is 1. The van der Waals surface area contributed by atoms with Gasteiger partial charge >= 0.3 is 5.97 Å². The number of carboxylic acids is 1. The molecule has 0 aromatic heterocycles. The van der Waals surface area contributed by atoms with Gasteiger partial charge in [-0.2, -0.15) is 0 Å². The van der Waals surface area contributed by atoms with E-state index in [1.54, 1.807) is 59.8 Å². The van der Waals surface area contributed by atoms with Gasteiger partial charge in [0.25, 0.3) is 0 Å². The van der Waals surface area contributed by atoms with Crippen molar-refractivity contribution < 1.29 is 48.6 Å². The number of nitrogens with zero attached hydrogens (tertiary/aromatic N) is 1. The van der Waals surface area contributed by atoms with Crippen LogP contribution in [0.25, 0.3) is 0 Å². The largest absolute Gasteiger partial charge is 0.481 e. The van der Waals surface area contributed by atoms with Gasteiger partial charge < -0.3 is 65.0 Å². The lowest BCUT2D eigenvalue weighted by Gasteiger charge is -2.29. The van der Waals surface area contributed by atoms with Crippen LogP contribution in [0.1, 0.15) is 93.9 Å². The average Bonchev–Trinajstić information content (AvgIpc) is 3.15. The van der Waals surface area contributed by atoms with Crippen molar-refractivity contribution >= 4 is 53.3 Å². The molecule has 0 rings (SSSR count). The summed E-state index contributed by atoms with van der Waals surface area (Å²) < 4.78 is 0. The monoisotopic (exact) mass is 864 g/mol. The van der Waals surface area contributed by atoms with Crippen molar-refractivity contribution in [3.8, 4) is 0 Å². The Morgan fingerprint density at radius 1 is 0.705 bits per heavy atom. The molecule has 0 aliphatic rings. The first kappa shape index (κ1) is 55.2. The SMILES string of the molecule is C=C(C)/C=C\C(=C/C)CC(NC(=O)[C@H](N)CCCN=C(N)N)C(=O)NC(C(=O)NC(C(=O)N[C@H](CCC(=O)O)C(=O)NC(CC(C)C)C(=O)N[C@H](C)C(N)=O)C(C)C)[C@@H](C)O. The number of carbonyl (C=O) groups is 8. The molecular weight excluding hydrogens is 795 g/mol. The number of hydrogen-bond acceptors (Lipinski definition) is 11. The van der Waals surface area contributed by atoms with Crippen molar-refractivity contribution in [3.05, 3.63) is 36.0 Å². The van der Waals surface area contributed by atoms with Crippen molar-refractivity contribution in [1.82, 2.24) is 31.9 Å². The molecule has 0 fully saturated rings. The molecule has 0 bridgehead atoms. The van der Waals surface area contributed by atoms with Gasteiger partial charge in [0.15, 0.2) is 5.96 Å². The zero-order valence-corrected chi connectivity index (χ0v) is 36.6. The Morgan fingerprint density at radius 2 is 1.23 bits per heavy atom. The Labute approximate surface area is 357 Å². The molecule has 0 saturated heterocycles. The maximum atomic E-state index is 13.8. The van der Waals surface area contributed by atoms with Gasteiger partial charge in [-0.15, -0.1) is 0 Å². The van der Waals surface area contributed by atoms with E-state index in [2.05, 4.69) is 43.5 Å². The van der Waals surface area contributed by atoms with Crippen LogP contribution in [-0.4, -0.2) is 118 Å². The lowest BCUT2D eigenvalue weighted by atomic mass is 9.99. The van der Waals surface area contributed by atoms with Gasteiger partial charge in [-0.05, 0) is 70.8 Å². The highest BCUT2D eigenvalue weighted by Crippen LogP contribution is 2.13. The van der Waals surface area contributed by atoms with Crippen LogP contribution in [0.5, 0.6) is 0 Å². The maximum absolute atomic E-state index is 13.8. The number of amides is 7. The third-order valence-electron chi connectivity index (χ3n) is 9.04. The Morgan fingerprint density at radius 3 is 1.72 bits per heavy atom. The zero-order valence-electron chi connectivity index (χ0n) is 36.6. The van der Waals surface area contributed by atoms with Crippen LogP contribution in [0, 0.1) is 11.8 Å². The molecule has 0 spiro atoms. The number of nitrogens with two attached hydrogens (primary N) is 4. The molecule has 344 valence electrons. The number of allylic oxidation sites excluding steroid dienone is 4. The summed E-state index contributed by atoms with van der Waals surface area (Å²) in [7, 11) is 0. The molecule has 0 saturated carbocycles. The highest BCUT2D eigenvalue weighted by atomic mass is 16.4. The van der Waals surface area contributed by atoms with Crippen LogP contribution >= 0.6 is 0 Å². The van der Waals surface area contributed by atoms with Crippen molar-refractivity contribution in [2.24, 2.45) is 39.8 Å². The molecular formula is C40H69N11O10. The van der Waals surface area contributed by atoms with Gasteiger partial charge in [0, 0.05) is 19.4 Å². The van der Waals surface area contributed by atoms with Crippen LogP contribution in [0.3, 0.4) is 0 Å². The minimum Gasteiger partial charge on any atom is -0.481 e. The quantitative estimate of drug-likeness (QED) is 0.0179. The topological polar surface area (TPSA) is 366 Å². The fourth-order valence-corrected chi connectivity index (χ4v) is 5.50. The Hall–Kier alpha value is -5.83. The molecule has 16 N–H and O–H groups in total. The number of aliphatic carboxylic acids is 1. The van der Waals surface area contributed by atoms with Gasteiger partial charge in [0.05, 0.1) is 12.1 Å². The lowest BCUT2D eigenvalue weighted by molar-refractivity contribution is -0.139. The number of rotatable bonds is 28. The smallest absolute Gasteiger partial charge is 0.303 e. The van der Waals surface area contributed by atoms with Crippen molar-refractivity contribution in [2.75, 3.05) is 6.54 Å². The molecule has 21 nitrogen and oxygen atoms in total. The summed E-state index contributed by atoms with van der Waals surface area (Å²) in [5.74, 6) is -8.13. The molecule has 4 unspecified atom stereocenters. The first-order chi connectivity index (χ1) is 28.3. The van der Waals surface area contributed by atoms with Gasteiger partial charge in [-0.25, -0.2) is 0 Å². The molecule has 21 heteroatoms. The molecule has 0 heterocycles. The number of carbonyl (C=O) groups excluding carboxylic acids is 7. The number of carboxylic acid groups (broad SMARTS) is 1. The number of nitrogens with one attached hydrogen (secondary N) is 6. The van der Waals surface area contributed by atoms with E-state index in [-0.39, 0.29) is 37.7 Å². The van der Waals surface area contributed by atoms with Crippen molar-refractivity contribution in [1.29, 1.82) is 0 Å². The zero-order chi connectivity index (χ0) is 47.1. The average molecular weight is 864 g/mol. The summed E-state index contributed by atoms with van der Waals surface area (Å²) in [5.41, 5.74) is 23.4. The summed E-state index contributed by atoms with van der Waals surface area (Å²) in [6.07, 6.45) is 3.18. The standard InChI is InChI=1S/C40H69N11O10/c1-10-25(14-13-20(2)3)19-29(48-34(56)26(41)12-11-17-45-40(43)44)37(59)51-32(24(9)52)39(61)50-31(22(6)7)38(60)47-27(15-16-30(53)54)35(57)49-28(18-21(4)5)36(58)46-23(8)33(42)55/h10,13-14,21-24,26-29,31-32,52H,2,11-12,15-19,41H2,1,3-9H3,(H2,42,55)(H,46,58)(H,47,60)(H,48,56)(H,49,57)(H,50,61)(H,51,59)(H,53,54)(H4,43,44,45)/b14-13-,25-10+/t23-,24-,26-,27-,28?,29?,31?,32?/m1/s1. The number of primary amides is 1. The minimum absolute atomic E-state index is 0.0621. The lowest BCUT2D eigenvalue weighted by Crippen LogP contribution is -2.62. The summed E-state index contributed by atoms with van der Waals surface area (Å²) in [6.45, 7) is 16.8. The summed E-state index contributed by atoms with van der Waals surface area (Å²) in [5, 5.41) is 35.1. The highest BCUT2D eigenvalue weighted by Gasteiger charge is 2.36. The Kier molecular flexibility index (Phi) is 25.2. The van der Waals surface area contributed by atoms with E-state index >= 15 is 0 Å². The number of hydrogen-bond donors (Lipinski definition) is 12. The normalized spacial score (nSPS) is 15.5. The van der Waals surface area contributed by atoms with E-state index in [0.29, 0.717) is 17.6 Å². The van der Waals surface area contributed by atoms with Gasteiger partial charge in [0.2, 0.25) is 41.4 Å².